The van der Waals surface area contributed by atoms with Crippen LogP contribution in [0.2, 0.25) is 0 Å². The number of aliphatic hydroxyl groups excluding tert-OH is 2. The molecule has 0 aromatic heterocycles. The van der Waals surface area contributed by atoms with E-state index in [-0.39, 0.29) is 123 Å². The molecule has 16 saturated heterocycles. The second-order valence-electron chi connectivity index (χ2n) is 25.7. The van der Waals surface area contributed by atoms with E-state index in [9.17, 15) is 15.0 Å². The maximum absolute atomic E-state index is 14.4. The first-order valence-corrected chi connectivity index (χ1v) is 29.6. The van der Waals surface area contributed by atoms with Crippen LogP contribution < -0.4 is 11.5 Å². The van der Waals surface area contributed by atoms with Crippen molar-refractivity contribution in [1.82, 2.24) is 0 Å². The van der Waals surface area contributed by atoms with Crippen LogP contribution >= 0.6 is 0 Å². The monoisotopic (exact) mass is 1080 g/mol. The normalized spacial score (nSPS) is 56.5. The van der Waals surface area contributed by atoms with Gasteiger partial charge in [-0.1, -0.05) is 13.2 Å². The number of rotatable bonds is 2. The van der Waals surface area contributed by atoms with Crippen molar-refractivity contribution in [3.8, 4) is 0 Å². The van der Waals surface area contributed by atoms with E-state index >= 15 is 0 Å². The maximum atomic E-state index is 14.4. The number of hydrogen-bond donors (Lipinski definition) is 4. The molecule has 428 valence electrons. The molecular formula is C56H80N2O19. The van der Waals surface area contributed by atoms with Gasteiger partial charge in [-0.2, -0.15) is 0 Å². The molecule has 0 aromatic rings. The highest BCUT2D eigenvalue weighted by Crippen LogP contribution is 2.55. The number of carbonyl (C=O) groups excluding carboxylic acids is 1. The molecule has 77 heavy (non-hydrogen) atoms. The molecule has 0 saturated carbocycles. The number of aliphatic hydroxyl groups is 2. The molecule has 16 fully saturated rings. The number of carbonyl (C=O) groups is 1. The molecule has 0 radical (unpaired) electrons. The van der Waals surface area contributed by atoms with E-state index in [2.05, 4.69) is 13.2 Å². The molecule has 21 heteroatoms. The summed E-state index contributed by atoms with van der Waals surface area (Å²) in [5.74, 6) is -2.19. The highest BCUT2D eigenvalue weighted by Gasteiger charge is 2.69. The summed E-state index contributed by atoms with van der Waals surface area (Å²) < 4.78 is 94.8. The summed E-state index contributed by atoms with van der Waals surface area (Å²) in [5, 5.41) is 19.9. The predicted molar refractivity (Wildman–Crippen MR) is 262 cm³/mol. The van der Waals surface area contributed by atoms with Gasteiger partial charge >= 0.3 is 5.97 Å². The van der Waals surface area contributed by atoms with Crippen LogP contribution in [0.4, 0.5) is 0 Å². The first kappa shape index (κ1) is 52.0. The molecule has 0 aliphatic carbocycles. The molecule has 12 bridgehead atoms. The number of ether oxygens (including phenoxy) is 14. The van der Waals surface area contributed by atoms with Gasteiger partial charge < -0.3 is 88.0 Å². The lowest BCUT2D eigenvalue weighted by atomic mass is 9.85. The summed E-state index contributed by atoms with van der Waals surface area (Å²) in [6, 6.07) is -0.592. The fourth-order valence-electron chi connectivity index (χ4n) is 16.7. The minimum absolute atomic E-state index is 0.00901. The summed E-state index contributed by atoms with van der Waals surface area (Å²) in [5.41, 5.74) is 15.5. The van der Waals surface area contributed by atoms with Crippen LogP contribution in [0.15, 0.2) is 24.3 Å². The van der Waals surface area contributed by atoms with Crippen LogP contribution in [0.3, 0.4) is 0 Å². The summed E-state index contributed by atoms with van der Waals surface area (Å²) >= 11 is 0. The molecule has 0 amide bonds. The van der Waals surface area contributed by atoms with Crippen molar-refractivity contribution in [2.24, 2.45) is 11.5 Å². The first-order valence-electron chi connectivity index (χ1n) is 29.6. The number of nitrogens with two attached hydrogens (primary N) is 2. The largest absolute Gasteiger partial charge is 0.459 e. The van der Waals surface area contributed by atoms with E-state index in [4.69, 9.17) is 87.6 Å². The molecule has 16 aliphatic rings. The zero-order chi connectivity index (χ0) is 52.1. The van der Waals surface area contributed by atoms with Crippen LogP contribution in [0.25, 0.3) is 0 Å². The van der Waals surface area contributed by atoms with Gasteiger partial charge in [-0.25, -0.2) is 9.78 Å². The summed E-state index contributed by atoms with van der Waals surface area (Å²) in [7, 11) is 0. The van der Waals surface area contributed by atoms with Crippen molar-refractivity contribution < 1.29 is 91.1 Å². The van der Waals surface area contributed by atoms with Crippen molar-refractivity contribution >= 4 is 5.97 Å². The van der Waals surface area contributed by atoms with Gasteiger partial charge in [-0.3, -0.25) is 4.79 Å². The number of esters is 1. The first-order chi connectivity index (χ1) is 37.3. The Morgan fingerprint density at radius 1 is 0.506 bits per heavy atom. The zero-order valence-electron chi connectivity index (χ0n) is 43.9. The topological polar surface area (TPSA) is 257 Å². The SMILES string of the molecule is C=C1C[C@@H]2CC[C@@]34C[C@H]5O[C@H]6[C@@H](O3)[C@H]3O[C@H](CC[C@@H]3O[C@H]6C5O4)CC(=O)O[C@@H]3CC4OC5C[C@]6(C[C@@H]7OO[C@H]8C[C@H]9O[C@H]([C@@H](O)CO)C[C@H]9O[C@H]8[C@@H](N)CCC[C@@H]7O6)O[C@@H]5C[C@@H]4O[C@H]3C[C@H]3O[C@@H](CC[C@@H]1O2)C[C@@H](N)C3=C. The minimum Gasteiger partial charge on any atom is -0.459 e. The quantitative estimate of drug-likeness (QED) is 0.176. The maximum Gasteiger partial charge on any atom is 0.308 e. The minimum atomic E-state index is -0.993. The third-order valence-corrected chi connectivity index (χ3v) is 20.6. The van der Waals surface area contributed by atoms with E-state index in [1.54, 1.807) is 0 Å². The van der Waals surface area contributed by atoms with Crippen molar-refractivity contribution in [2.75, 3.05) is 6.61 Å². The predicted octanol–water partition coefficient (Wildman–Crippen LogP) is 2.43. The lowest BCUT2D eigenvalue weighted by Crippen LogP contribution is -2.61. The Labute approximate surface area is 449 Å². The van der Waals surface area contributed by atoms with Crippen molar-refractivity contribution in [3.05, 3.63) is 24.3 Å². The molecule has 21 nitrogen and oxygen atoms in total. The van der Waals surface area contributed by atoms with Crippen LogP contribution in [-0.2, 0) is 80.9 Å². The highest BCUT2D eigenvalue weighted by molar-refractivity contribution is 5.70. The second kappa shape index (κ2) is 20.2. The zero-order valence-corrected chi connectivity index (χ0v) is 43.9. The van der Waals surface area contributed by atoms with Gasteiger partial charge in [0.05, 0.1) is 111 Å². The smallest absolute Gasteiger partial charge is 0.308 e. The molecular weight excluding hydrogens is 1000 g/mol. The molecule has 3 unspecified atom stereocenters. The summed E-state index contributed by atoms with van der Waals surface area (Å²) in [4.78, 5) is 26.9. The average Bonchev–Trinajstić information content (AvgIpc) is 4.43. The van der Waals surface area contributed by atoms with Crippen LogP contribution in [0.1, 0.15) is 128 Å². The van der Waals surface area contributed by atoms with Crippen LogP contribution in [0, 0.1) is 0 Å². The van der Waals surface area contributed by atoms with E-state index in [1.807, 2.05) is 0 Å². The fourth-order valence-corrected chi connectivity index (χ4v) is 16.7. The second-order valence-corrected chi connectivity index (χ2v) is 25.7. The van der Waals surface area contributed by atoms with Gasteiger partial charge in [-0.05, 0) is 75.4 Å². The summed E-state index contributed by atoms with van der Waals surface area (Å²) in [6.07, 6.45) is 2.36. The van der Waals surface area contributed by atoms with Crippen molar-refractivity contribution in [1.29, 1.82) is 0 Å². The molecule has 30 atom stereocenters. The van der Waals surface area contributed by atoms with Crippen LogP contribution in [-0.4, -0.2) is 205 Å². The molecule has 16 aliphatic heterocycles. The van der Waals surface area contributed by atoms with E-state index in [0.717, 1.165) is 43.3 Å². The van der Waals surface area contributed by atoms with Gasteiger partial charge in [0.25, 0.3) is 0 Å². The van der Waals surface area contributed by atoms with Crippen molar-refractivity contribution in [3.63, 3.8) is 0 Å². The van der Waals surface area contributed by atoms with Crippen molar-refractivity contribution in [2.45, 2.75) is 311 Å². The average molecular weight is 1090 g/mol. The third kappa shape index (κ3) is 9.46. The molecule has 2 spiro atoms. The number of fused-ring (bicyclic) bond motifs is 11. The lowest BCUT2D eigenvalue weighted by Gasteiger charge is -2.48. The third-order valence-electron chi connectivity index (χ3n) is 20.6. The molecule has 16 rings (SSSR count). The van der Waals surface area contributed by atoms with Gasteiger partial charge in [-0.15, -0.1) is 0 Å². The van der Waals surface area contributed by atoms with Gasteiger partial charge in [0.15, 0.2) is 11.6 Å². The summed E-state index contributed by atoms with van der Waals surface area (Å²) in [6.45, 7) is 8.53. The van der Waals surface area contributed by atoms with Gasteiger partial charge in [0.2, 0.25) is 0 Å². The Hall–Kier alpha value is -1.81. The molecule has 16 heterocycles. The van der Waals surface area contributed by atoms with Gasteiger partial charge in [0.1, 0.15) is 61.0 Å². The molecule has 6 N–H and O–H groups in total. The van der Waals surface area contributed by atoms with E-state index in [1.165, 1.54) is 0 Å². The number of hydrogen-bond acceptors (Lipinski definition) is 21. The Kier molecular flexibility index (Phi) is 13.7. The van der Waals surface area contributed by atoms with E-state index < -0.39 is 78.7 Å². The lowest BCUT2D eigenvalue weighted by molar-refractivity contribution is -0.383. The van der Waals surface area contributed by atoms with E-state index in [0.29, 0.717) is 89.9 Å². The Balaban J connectivity index is 0.648. The Bertz CT molecular complexity index is 2250. The Morgan fingerprint density at radius 2 is 1.18 bits per heavy atom. The fraction of sp³-hybridized carbons (Fsp3) is 0.911. The van der Waals surface area contributed by atoms with Gasteiger partial charge in [0, 0.05) is 69.9 Å². The highest BCUT2D eigenvalue weighted by atomic mass is 17.2. The molecule has 0 aromatic carbocycles. The Morgan fingerprint density at radius 3 is 2.06 bits per heavy atom. The van der Waals surface area contributed by atoms with Crippen LogP contribution in [0.5, 0.6) is 0 Å². The standard InChI is InChI=1S/C56H80N2O19/c1-24-12-28-10-11-55-22-47-51(74-55)52-53(71-47)54(75-55)50-34(69-52)9-7-27(64-50)14-48(61)68-41-17-38-39(66-37(41)15-35-25(2)30(58)13-26(63-35)6-8-32(24)62-28)18-43-45(67-38)20-56(73-43)21-46-33(72-56)5-3-4-29(57)49-44(76-77-46)19-40-42(70-49)16-36(65-40)31(60)23-59/h26-47,49-54,59-60H,1-23,57-58H2/t26-,27+,28-,29-,30+,31-,32-,33-,34-,35+,36-,37-,38?,39-,40+,41+,42+,43+,44-,45?,46-,47+,49-,50-,51?,52-,53+,54-,55-,56+/m0/s1.